The second kappa shape index (κ2) is 6.04. The van der Waals surface area contributed by atoms with Crippen molar-refractivity contribution in [1.82, 2.24) is 4.90 Å². The highest BCUT2D eigenvalue weighted by atomic mass is 35.5. The molecule has 1 amide bonds. The largest absolute Gasteiger partial charge is 0.467 e. The zero-order chi connectivity index (χ0) is 15.7. The molecule has 0 radical (unpaired) electrons. The quantitative estimate of drug-likeness (QED) is 0.780. The van der Waals surface area contributed by atoms with Crippen LogP contribution in [0.3, 0.4) is 0 Å². The minimum atomic E-state index is -0.546. The van der Waals surface area contributed by atoms with Crippen LogP contribution in [0.5, 0.6) is 11.5 Å². The molecular formula is C15H16ClNO5. The fourth-order valence-corrected chi connectivity index (χ4v) is 3.08. The highest BCUT2D eigenvalue weighted by Gasteiger charge is 2.34. The molecule has 0 saturated carbocycles. The van der Waals surface area contributed by atoms with Crippen molar-refractivity contribution in [2.75, 3.05) is 20.4 Å². The standard InChI is InChI=1S/C15H16ClNO5/c1-20-15(19)11-4-2-3-5-17(11)14(18)9-6-10(16)13-12(7-9)21-8-22-13/h6-7,11H,2-5,8H2,1H3. The Balaban J connectivity index is 1.89. The lowest BCUT2D eigenvalue weighted by molar-refractivity contribution is -0.147. The minimum Gasteiger partial charge on any atom is -0.467 e. The SMILES string of the molecule is COC(=O)C1CCCCN1C(=O)c1cc(Cl)c2c(c1)OCO2. The van der Waals surface area contributed by atoms with Crippen LogP contribution >= 0.6 is 11.6 Å². The molecule has 7 heteroatoms. The summed E-state index contributed by atoms with van der Waals surface area (Å²) in [6.45, 7) is 0.603. The molecule has 118 valence electrons. The lowest BCUT2D eigenvalue weighted by Crippen LogP contribution is -2.48. The summed E-state index contributed by atoms with van der Waals surface area (Å²) >= 11 is 6.12. The minimum absolute atomic E-state index is 0.0845. The summed E-state index contributed by atoms with van der Waals surface area (Å²) in [5.74, 6) is 0.249. The van der Waals surface area contributed by atoms with Crippen LogP contribution in [0.2, 0.25) is 5.02 Å². The first-order valence-electron chi connectivity index (χ1n) is 7.09. The summed E-state index contributed by atoms with van der Waals surface area (Å²) in [6.07, 6.45) is 2.36. The number of amides is 1. The number of hydrogen-bond acceptors (Lipinski definition) is 5. The van der Waals surface area contributed by atoms with E-state index in [0.29, 0.717) is 35.1 Å². The number of rotatable bonds is 2. The maximum absolute atomic E-state index is 12.7. The van der Waals surface area contributed by atoms with Gasteiger partial charge in [0.2, 0.25) is 6.79 Å². The molecule has 0 spiro atoms. The second-order valence-electron chi connectivity index (χ2n) is 5.23. The molecule has 0 N–H and O–H groups in total. The average molecular weight is 326 g/mol. The number of methoxy groups -OCH3 is 1. The van der Waals surface area contributed by atoms with Gasteiger partial charge in [0.05, 0.1) is 12.1 Å². The topological polar surface area (TPSA) is 65.1 Å². The molecule has 2 aliphatic rings. The first kappa shape index (κ1) is 15.0. The van der Waals surface area contributed by atoms with E-state index in [0.717, 1.165) is 12.8 Å². The molecule has 6 nitrogen and oxygen atoms in total. The van der Waals surface area contributed by atoms with Crippen LogP contribution in [-0.4, -0.2) is 43.3 Å². The summed E-state index contributed by atoms with van der Waals surface area (Å²) in [5.41, 5.74) is 0.380. The fourth-order valence-electron chi connectivity index (χ4n) is 2.81. The van der Waals surface area contributed by atoms with E-state index in [1.807, 2.05) is 0 Å². The molecule has 22 heavy (non-hydrogen) atoms. The highest BCUT2D eigenvalue weighted by molar-refractivity contribution is 6.32. The normalized spacial score (nSPS) is 19.9. The van der Waals surface area contributed by atoms with Crippen LogP contribution in [0.25, 0.3) is 0 Å². The smallest absolute Gasteiger partial charge is 0.328 e. The van der Waals surface area contributed by atoms with E-state index in [4.69, 9.17) is 25.8 Å². The first-order chi connectivity index (χ1) is 10.6. The molecule has 1 saturated heterocycles. The Hall–Kier alpha value is -1.95. The van der Waals surface area contributed by atoms with E-state index < -0.39 is 6.04 Å². The molecule has 1 unspecified atom stereocenters. The van der Waals surface area contributed by atoms with Crippen molar-refractivity contribution in [2.24, 2.45) is 0 Å². The summed E-state index contributed by atoms with van der Waals surface area (Å²) in [4.78, 5) is 26.2. The third-order valence-electron chi connectivity index (χ3n) is 3.91. The van der Waals surface area contributed by atoms with Gasteiger partial charge in [-0.2, -0.15) is 0 Å². The van der Waals surface area contributed by atoms with E-state index in [1.165, 1.54) is 7.11 Å². The number of nitrogens with zero attached hydrogens (tertiary/aromatic N) is 1. The van der Waals surface area contributed by atoms with E-state index in [9.17, 15) is 9.59 Å². The van der Waals surface area contributed by atoms with Gasteiger partial charge in [0.1, 0.15) is 6.04 Å². The Morgan fingerprint density at radius 2 is 2.14 bits per heavy atom. The van der Waals surface area contributed by atoms with Crippen LogP contribution in [0, 0.1) is 0 Å². The molecule has 1 aromatic rings. The predicted octanol–water partition coefficient (Wildman–Crippen LogP) is 2.24. The van der Waals surface area contributed by atoms with E-state index in [1.54, 1.807) is 17.0 Å². The monoisotopic (exact) mass is 325 g/mol. The van der Waals surface area contributed by atoms with Gasteiger partial charge in [0.25, 0.3) is 5.91 Å². The second-order valence-corrected chi connectivity index (χ2v) is 5.63. The Morgan fingerprint density at radius 3 is 2.91 bits per heavy atom. The van der Waals surface area contributed by atoms with Crippen molar-refractivity contribution in [3.63, 3.8) is 0 Å². The number of ether oxygens (including phenoxy) is 3. The Morgan fingerprint density at radius 1 is 1.32 bits per heavy atom. The number of halogens is 1. The van der Waals surface area contributed by atoms with Crippen LogP contribution in [0.15, 0.2) is 12.1 Å². The lowest BCUT2D eigenvalue weighted by atomic mass is 10.0. The fraction of sp³-hybridized carbons (Fsp3) is 0.467. The van der Waals surface area contributed by atoms with Gasteiger partial charge in [-0.25, -0.2) is 4.79 Å². The van der Waals surface area contributed by atoms with Crippen LogP contribution in [-0.2, 0) is 9.53 Å². The van der Waals surface area contributed by atoms with Gasteiger partial charge in [0, 0.05) is 12.1 Å². The molecule has 0 aromatic heterocycles. The molecule has 0 aliphatic carbocycles. The maximum atomic E-state index is 12.7. The third kappa shape index (κ3) is 2.59. The molecule has 2 aliphatic heterocycles. The van der Waals surface area contributed by atoms with Crippen molar-refractivity contribution >= 4 is 23.5 Å². The van der Waals surface area contributed by atoms with Gasteiger partial charge in [-0.05, 0) is 31.4 Å². The van der Waals surface area contributed by atoms with Gasteiger partial charge in [-0.3, -0.25) is 4.79 Å². The maximum Gasteiger partial charge on any atom is 0.328 e. The number of esters is 1. The van der Waals surface area contributed by atoms with Gasteiger partial charge in [-0.15, -0.1) is 0 Å². The first-order valence-corrected chi connectivity index (χ1v) is 7.47. The Labute approximate surface area is 132 Å². The zero-order valence-corrected chi connectivity index (χ0v) is 12.9. The summed E-state index contributed by atoms with van der Waals surface area (Å²) in [6, 6.07) is 2.59. The summed E-state index contributed by atoms with van der Waals surface area (Å²) in [5, 5.41) is 0.324. The van der Waals surface area contributed by atoms with Crippen LogP contribution in [0.4, 0.5) is 0 Å². The Bertz CT molecular complexity index is 618. The van der Waals surface area contributed by atoms with E-state index >= 15 is 0 Å². The van der Waals surface area contributed by atoms with Gasteiger partial charge < -0.3 is 19.1 Å². The van der Waals surface area contributed by atoms with Gasteiger partial charge in [0.15, 0.2) is 11.5 Å². The molecule has 0 bridgehead atoms. The molecular weight excluding hydrogens is 310 g/mol. The predicted molar refractivity (Wildman–Crippen MR) is 78.3 cm³/mol. The zero-order valence-electron chi connectivity index (χ0n) is 12.1. The number of likely N-dealkylation sites (tertiary alicyclic amines) is 1. The molecule has 2 heterocycles. The molecule has 1 aromatic carbocycles. The number of piperidine rings is 1. The van der Waals surface area contributed by atoms with Crippen LogP contribution in [0.1, 0.15) is 29.6 Å². The van der Waals surface area contributed by atoms with Crippen molar-refractivity contribution < 1.29 is 23.8 Å². The molecule has 1 atom stereocenters. The lowest BCUT2D eigenvalue weighted by Gasteiger charge is -2.33. The van der Waals surface area contributed by atoms with E-state index in [-0.39, 0.29) is 18.7 Å². The summed E-state index contributed by atoms with van der Waals surface area (Å²) in [7, 11) is 1.33. The number of fused-ring (bicyclic) bond motifs is 1. The summed E-state index contributed by atoms with van der Waals surface area (Å²) < 4.78 is 15.3. The van der Waals surface area contributed by atoms with Crippen molar-refractivity contribution in [3.8, 4) is 11.5 Å². The molecule has 3 rings (SSSR count). The highest BCUT2D eigenvalue weighted by Crippen LogP contribution is 2.40. The van der Waals surface area contributed by atoms with Gasteiger partial charge >= 0.3 is 5.97 Å². The Kier molecular flexibility index (Phi) is 4.11. The van der Waals surface area contributed by atoms with Gasteiger partial charge in [-0.1, -0.05) is 11.6 Å². The molecule has 1 fully saturated rings. The van der Waals surface area contributed by atoms with E-state index in [2.05, 4.69) is 0 Å². The van der Waals surface area contributed by atoms with Crippen molar-refractivity contribution in [3.05, 3.63) is 22.7 Å². The van der Waals surface area contributed by atoms with Crippen molar-refractivity contribution in [2.45, 2.75) is 25.3 Å². The number of carbonyl (C=O) groups excluding carboxylic acids is 2. The van der Waals surface area contributed by atoms with Crippen molar-refractivity contribution in [1.29, 1.82) is 0 Å². The number of hydrogen-bond donors (Lipinski definition) is 0. The number of benzene rings is 1. The number of carbonyl (C=O) groups is 2. The van der Waals surface area contributed by atoms with Crippen LogP contribution < -0.4 is 9.47 Å². The average Bonchev–Trinajstić information content (AvgIpc) is 3.02. The third-order valence-corrected chi connectivity index (χ3v) is 4.19.